The van der Waals surface area contributed by atoms with Crippen LogP contribution in [0.2, 0.25) is 0 Å². The summed E-state index contributed by atoms with van der Waals surface area (Å²) >= 11 is 0. The van der Waals surface area contributed by atoms with Gasteiger partial charge in [0.25, 0.3) is 0 Å². The molecule has 0 aliphatic heterocycles. The summed E-state index contributed by atoms with van der Waals surface area (Å²) in [7, 11) is 0. The minimum atomic E-state index is 0.882. The molecule has 0 bridgehead atoms. The molecule has 0 spiro atoms. The molecule has 0 saturated heterocycles. The fourth-order valence-corrected chi connectivity index (χ4v) is 2.45. The third kappa shape index (κ3) is 17.7. The van der Waals surface area contributed by atoms with Crippen molar-refractivity contribution in [1.29, 1.82) is 0 Å². The normalized spacial score (nSPS) is 11.8. The van der Waals surface area contributed by atoms with Gasteiger partial charge in [-0.25, -0.2) is 0 Å². The summed E-state index contributed by atoms with van der Waals surface area (Å²) in [6.07, 6.45) is 23.0. The van der Waals surface area contributed by atoms with Crippen LogP contribution in [0.5, 0.6) is 0 Å². The Morgan fingerprint density at radius 3 is 1.63 bits per heavy atom. The molecule has 0 saturated carbocycles. The van der Waals surface area contributed by atoms with E-state index in [0.29, 0.717) is 0 Å². The number of hydrogen-bond donors (Lipinski definition) is 0. The van der Waals surface area contributed by atoms with Crippen LogP contribution >= 0.6 is 0 Å². The Morgan fingerprint density at radius 1 is 0.632 bits per heavy atom. The predicted octanol–water partition coefficient (Wildman–Crippen LogP) is 7.29. The average molecular weight is 267 g/mol. The summed E-state index contributed by atoms with van der Waals surface area (Å²) in [5.74, 6) is 0.882. The van der Waals surface area contributed by atoms with E-state index in [0.717, 1.165) is 5.92 Å². The Bertz CT molecular complexity index is 178. The topological polar surface area (TPSA) is 0 Å². The first-order valence-electron chi connectivity index (χ1n) is 8.92. The molecule has 0 nitrogen and oxygen atoms in total. The minimum Gasteiger partial charge on any atom is -0.0885 e. The highest BCUT2D eigenvalue weighted by Gasteiger charge is 1.93. The van der Waals surface area contributed by atoms with Crippen LogP contribution in [-0.4, -0.2) is 0 Å². The van der Waals surface area contributed by atoms with E-state index in [2.05, 4.69) is 32.9 Å². The maximum absolute atomic E-state index is 2.41. The summed E-state index contributed by atoms with van der Waals surface area (Å²) in [4.78, 5) is 0. The second-order valence-electron chi connectivity index (χ2n) is 6.41. The molecule has 0 aromatic carbocycles. The van der Waals surface area contributed by atoms with E-state index in [9.17, 15) is 0 Å². The van der Waals surface area contributed by atoms with E-state index >= 15 is 0 Å². The van der Waals surface area contributed by atoms with E-state index < -0.39 is 0 Å². The van der Waals surface area contributed by atoms with Gasteiger partial charge < -0.3 is 0 Å². The Morgan fingerprint density at radius 2 is 1.11 bits per heavy atom. The molecule has 0 aliphatic carbocycles. The van der Waals surface area contributed by atoms with Crippen molar-refractivity contribution < 1.29 is 0 Å². The number of unbranched alkanes of at least 4 members (excludes halogenated alkanes) is 10. The lowest BCUT2D eigenvalue weighted by Crippen LogP contribution is -1.86. The molecule has 0 heterocycles. The number of rotatable bonds is 14. The molecule has 19 heavy (non-hydrogen) atoms. The summed E-state index contributed by atoms with van der Waals surface area (Å²) in [5.41, 5.74) is 0. The van der Waals surface area contributed by atoms with Crippen LogP contribution < -0.4 is 0 Å². The SMILES string of the molecule is CCCCCCCCC/C=C\CCCCCC(C)C. The zero-order valence-corrected chi connectivity index (χ0v) is 13.9. The lowest BCUT2D eigenvalue weighted by molar-refractivity contribution is 0.528. The van der Waals surface area contributed by atoms with Crippen LogP contribution in [0.3, 0.4) is 0 Å². The minimum absolute atomic E-state index is 0.882. The molecule has 0 amide bonds. The van der Waals surface area contributed by atoms with Gasteiger partial charge in [-0.15, -0.1) is 0 Å². The molecule has 0 unspecified atom stereocenters. The molecular weight excluding hydrogens is 228 g/mol. The zero-order chi connectivity index (χ0) is 14.2. The molecule has 0 fully saturated rings. The van der Waals surface area contributed by atoms with E-state index in [4.69, 9.17) is 0 Å². The van der Waals surface area contributed by atoms with Gasteiger partial charge in [0, 0.05) is 0 Å². The van der Waals surface area contributed by atoms with Crippen LogP contribution in [0.25, 0.3) is 0 Å². The van der Waals surface area contributed by atoms with Gasteiger partial charge in [-0.3, -0.25) is 0 Å². The molecule has 0 heteroatoms. The number of hydrogen-bond acceptors (Lipinski definition) is 0. The van der Waals surface area contributed by atoms with Crippen LogP contribution in [0.15, 0.2) is 12.2 Å². The van der Waals surface area contributed by atoms with E-state index in [1.54, 1.807) is 0 Å². The van der Waals surface area contributed by atoms with Crippen molar-refractivity contribution in [1.82, 2.24) is 0 Å². The van der Waals surface area contributed by atoms with Gasteiger partial charge in [-0.2, -0.15) is 0 Å². The fraction of sp³-hybridized carbons (Fsp3) is 0.895. The van der Waals surface area contributed by atoms with Gasteiger partial charge in [0.2, 0.25) is 0 Å². The highest BCUT2D eigenvalue weighted by Crippen LogP contribution is 2.11. The van der Waals surface area contributed by atoms with Crippen molar-refractivity contribution in [2.45, 2.75) is 104 Å². The fourth-order valence-electron chi connectivity index (χ4n) is 2.45. The van der Waals surface area contributed by atoms with Crippen molar-refractivity contribution in [2.24, 2.45) is 5.92 Å². The lowest BCUT2D eigenvalue weighted by atomic mass is 10.0. The molecule has 0 radical (unpaired) electrons. The second-order valence-corrected chi connectivity index (χ2v) is 6.41. The van der Waals surface area contributed by atoms with Crippen LogP contribution in [-0.2, 0) is 0 Å². The van der Waals surface area contributed by atoms with Crippen LogP contribution in [0.4, 0.5) is 0 Å². The van der Waals surface area contributed by atoms with Gasteiger partial charge in [-0.05, 0) is 31.6 Å². The van der Waals surface area contributed by atoms with E-state index in [1.165, 1.54) is 83.5 Å². The van der Waals surface area contributed by atoms with Gasteiger partial charge in [0.05, 0.1) is 0 Å². The Hall–Kier alpha value is -0.260. The van der Waals surface area contributed by atoms with Gasteiger partial charge >= 0.3 is 0 Å². The predicted molar refractivity (Wildman–Crippen MR) is 89.7 cm³/mol. The summed E-state index contributed by atoms with van der Waals surface area (Å²) in [5, 5.41) is 0. The molecule has 0 aromatic rings. The van der Waals surface area contributed by atoms with E-state index in [-0.39, 0.29) is 0 Å². The second kappa shape index (κ2) is 15.8. The summed E-state index contributed by atoms with van der Waals surface area (Å²) in [6.45, 7) is 6.93. The first-order chi connectivity index (χ1) is 9.27. The molecule has 0 rings (SSSR count). The Labute approximate surface area is 123 Å². The van der Waals surface area contributed by atoms with Gasteiger partial charge in [0.15, 0.2) is 0 Å². The maximum atomic E-state index is 2.41. The smallest absolute Gasteiger partial charge is 0.0351 e. The van der Waals surface area contributed by atoms with Crippen molar-refractivity contribution in [2.75, 3.05) is 0 Å². The van der Waals surface area contributed by atoms with Crippen molar-refractivity contribution in [3.05, 3.63) is 12.2 Å². The lowest BCUT2D eigenvalue weighted by Gasteiger charge is -2.02. The quantitative estimate of drug-likeness (QED) is 0.229. The molecule has 114 valence electrons. The zero-order valence-electron chi connectivity index (χ0n) is 13.9. The average Bonchev–Trinajstić information content (AvgIpc) is 2.39. The molecule has 0 atom stereocenters. The van der Waals surface area contributed by atoms with Gasteiger partial charge in [-0.1, -0.05) is 90.7 Å². The Kier molecular flexibility index (Phi) is 15.6. The van der Waals surface area contributed by atoms with Crippen LogP contribution in [0, 0.1) is 5.92 Å². The number of allylic oxidation sites excluding steroid dienone is 2. The maximum Gasteiger partial charge on any atom is -0.0351 e. The third-order valence-electron chi connectivity index (χ3n) is 3.79. The first-order valence-corrected chi connectivity index (χ1v) is 8.92. The highest BCUT2D eigenvalue weighted by molar-refractivity contribution is 4.81. The van der Waals surface area contributed by atoms with Gasteiger partial charge in [0.1, 0.15) is 0 Å². The van der Waals surface area contributed by atoms with Crippen molar-refractivity contribution in [3.63, 3.8) is 0 Å². The highest BCUT2D eigenvalue weighted by atomic mass is 14.0. The standard InChI is InChI=1S/C19H38/c1-4-5-6-7-8-9-10-11-12-13-14-15-16-17-18-19(2)3/h12-13,19H,4-11,14-18H2,1-3H3/b13-12-. The molecular formula is C19H38. The third-order valence-corrected chi connectivity index (χ3v) is 3.79. The molecule has 0 aliphatic rings. The van der Waals surface area contributed by atoms with Crippen LogP contribution in [0.1, 0.15) is 104 Å². The monoisotopic (exact) mass is 266 g/mol. The first kappa shape index (κ1) is 18.7. The largest absolute Gasteiger partial charge is 0.0885 e. The van der Waals surface area contributed by atoms with Crippen molar-refractivity contribution in [3.8, 4) is 0 Å². The summed E-state index contributed by atoms with van der Waals surface area (Å²) < 4.78 is 0. The molecule has 0 N–H and O–H groups in total. The Balaban J connectivity index is 3.05. The van der Waals surface area contributed by atoms with E-state index in [1.807, 2.05) is 0 Å². The van der Waals surface area contributed by atoms with Crippen molar-refractivity contribution >= 4 is 0 Å². The molecule has 0 aromatic heterocycles. The summed E-state index contributed by atoms with van der Waals surface area (Å²) in [6, 6.07) is 0.